The summed E-state index contributed by atoms with van der Waals surface area (Å²) in [5.41, 5.74) is 8.09. The molecular weight excluding hydrogens is 389 g/mol. The summed E-state index contributed by atoms with van der Waals surface area (Å²) >= 11 is 0. The number of hydrogen-bond acceptors (Lipinski definition) is 2. The molecule has 4 nitrogen and oxygen atoms in total. The first-order valence-corrected chi connectivity index (χ1v) is 7.03. The largest absolute Gasteiger partial charge is 0.497 e. The summed E-state index contributed by atoms with van der Waals surface area (Å²) in [5.74, 6) is 1.26. The maximum atomic E-state index is 5.86. The molecule has 0 spiro atoms. The van der Waals surface area contributed by atoms with Crippen LogP contribution in [0.15, 0.2) is 59.6 Å². The zero-order valence-electron chi connectivity index (χ0n) is 12.7. The van der Waals surface area contributed by atoms with Crippen molar-refractivity contribution in [1.82, 2.24) is 0 Å². The van der Waals surface area contributed by atoms with Crippen LogP contribution >= 0.6 is 24.0 Å². The average Bonchev–Trinajstić information content (AvgIpc) is 2.53. The van der Waals surface area contributed by atoms with Gasteiger partial charge in [-0.05, 0) is 42.7 Å². The summed E-state index contributed by atoms with van der Waals surface area (Å²) in [5, 5.41) is 3.06. The third kappa shape index (κ3) is 6.34. The van der Waals surface area contributed by atoms with Crippen LogP contribution in [0.4, 0.5) is 5.69 Å². The molecule has 0 aliphatic heterocycles. The molecule has 5 heteroatoms. The number of halogens is 1. The van der Waals surface area contributed by atoms with Crippen LogP contribution in [0, 0.1) is 0 Å². The van der Waals surface area contributed by atoms with E-state index in [1.807, 2.05) is 30.3 Å². The van der Waals surface area contributed by atoms with Crippen molar-refractivity contribution < 1.29 is 4.74 Å². The van der Waals surface area contributed by atoms with Crippen molar-refractivity contribution in [1.29, 1.82) is 0 Å². The molecule has 0 heterocycles. The fraction of sp³-hybridized carbons (Fsp3) is 0.235. The van der Waals surface area contributed by atoms with Gasteiger partial charge in [-0.2, -0.15) is 0 Å². The highest BCUT2D eigenvalue weighted by Crippen LogP contribution is 2.14. The van der Waals surface area contributed by atoms with Crippen LogP contribution in [0.3, 0.4) is 0 Å². The Morgan fingerprint density at radius 3 is 2.41 bits per heavy atom. The van der Waals surface area contributed by atoms with Gasteiger partial charge in [0.2, 0.25) is 0 Å². The molecule has 0 radical (unpaired) electrons. The van der Waals surface area contributed by atoms with Crippen molar-refractivity contribution in [3.05, 3.63) is 60.2 Å². The molecule has 0 amide bonds. The predicted molar refractivity (Wildman–Crippen MR) is 103 cm³/mol. The van der Waals surface area contributed by atoms with Gasteiger partial charge >= 0.3 is 0 Å². The summed E-state index contributed by atoms with van der Waals surface area (Å²) in [6.07, 6.45) is 2.00. The number of anilines is 1. The van der Waals surface area contributed by atoms with Gasteiger partial charge in [-0.25, -0.2) is 0 Å². The third-order valence-corrected chi connectivity index (χ3v) is 3.11. The van der Waals surface area contributed by atoms with Gasteiger partial charge < -0.3 is 15.8 Å². The van der Waals surface area contributed by atoms with Gasteiger partial charge in [0.15, 0.2) is 5.96 Å². The number of nitrogens with two attached hydrogens (primary N) is 1. The second kappa shape index (κ2) is 10.0. The van der Waals surface area contributed by atoms with E-state index in [9.17, 15) is 0 Å². The normalized spacial score (nSPS) is 10.7. The molecule has 0 unspecified atom stereocenters. The molecule has 0 fully saturated rings. The van der Waals surface area contributed by atoms with Crippen LogP contribution in [0.1, 0.15) is 12.0 Å². The first-order valence-electron chi connectivity index (χ1n) is 7.03. The number of aryl methyl sites for hydroxylation is 1. The Bertz CT molecular complexity index is 570. The van der Waals surface area contributed by atoms with Gasteiger partial charge in [0.1, 0.15) is 5.75 Å². The Kier molecular flexibility index (Phi) is 8.35. The van der Waals surface area contributed by atoms with Crippen molar-refractivity contribution in [2.24, 2.45) is 10.7 Å². The van der Waals surface area contributed by atoms with Crippen LogP contribution in [0.25, 0.3) is 0 Å². The molecule has 2 rings (SSSR count). The summed E-state index contributed by atoms with van der Waals surface area (Å²) < 4.78 is 5.11. The minimum atomic E-state index is 0. The minimum Gasteiger partial charge on any atom is -0.497 e. The molecule has 0 saturated carbocycles. The lowest BCUT2D eigenvalue weighted by atomic mass is 10.1. The Morgan fingerprint density at radius 1 is 1.09 bits per heavy atom. The number of nitrogens with zero attached hydrogens (tertiary/aromatic N) is 1. The molecular formula is C17H22IN3O. The number of benzene rings is 2. The molecule has 0 atom stereocenters. The average molecular weight is 411 g/mol. The number of ether oxygens (including phenoxy) is 1. The summed E-state index contributed by atoms with van der Waals surface area (Å²) in [6, 6.07) is 18.0. The lowest BCUT2D eigenvalue weighted by Crippen LogP contribution is -2.22. The van der Waals surface area contributed by atoms with E-state index in [4.69, 9.17) is 10.5 Å². The van der Waals surface area contributed by atoms with E-state index >= 15 is 0 Å². The lowest BCUT2D eigenvalue weighted by molar-refractivity contribution is 0.415. The summed E-state index contributed by atoms with van der Waals surface area (Å²) in [4.78, 5) is 4.33. The van der Waals surface area contributed by atoms with Crippen molar-refractivity contribution >= 4 is 35.6 Å². The predicted octanol–water partition coefficient (Wildman–Crippen LogP) is 3.67. The van der Waals surface area contributed by atoms with E-state index < -0.39 is 0 Å². The molecule has 2 aromatic carbocycles. The Balaban J connectivity index is 0.00000242. The Hall–Kier alpha value is -1.76. The van der Waals surface area contributed by atoms with E-state index in [0.717, 1.165) is 24.3 Å². The van der Waals surface area contributed by atoms with Crippen LogP contribution in [-0.2, 0) is 6.42 Å². The highest BCUT2D eigenvalue weighted by Gasteiger charge is 1.96. The number of nitrogens with one attached hydrogen (secondary N) is 1. The smallest absolute Gasteiger partial charge is 0.193 e. The van der Waals surface area contributed by atoms with Gasteiger partial charge in [-0.1, -0.05) is 30.3 Å². The van der Waals surface area contributed by atoms with Crippen molar-refractivity contribution in [3.63, 3.8) is 0 Å². The van der Waals surface area contributed by atoms with Gasteiger partial charge in [0, 0.05) is 12.2 Å². The molecule has 22 heavy (non-hydrogen) atoms. The fourth-order valence-corrected chi connectivity index (χ4v) is 1.99. The molecule has 0 bridgehead atoms. The van der Waals surface area contributed by atoms with Gasteiger partial charge in [0.05, 0.1) is 7.11 Å². The topological polar surface area (TPSA) is 59.6 Å². The van der Waals surface area contributed by atoms with Crippen LogP contribution in [-0.4, -0.2) is 19.6 Å². The van der Waals surface area contributed by atoms with E-state index in [0.29, 0.717) is 12.5 Å². The van der Waals surface area contributed by atoms with Crippen molar-refractivity contribution in [3.8, 4) is 5.75 Å². The first-order chi connectivity index (χ1) is 10.3. The van der Waals surface area contributed by atoms with Crippen molar-refractivity contribution in [2.75, 3.05) is 19.0 Å². The van der Waals surface area contributed by atoms with E-state index in [1.54, 1.807) is 7.11 Å². The van der Waals surface area contributed by atoms with E-state index in [-0.39, 0.29) is 24.0 Å². The minimum absolute atomic E-state index is 0. The number of methoxy groups -OCH3 is 1. The van der Waals surface area contributed by atoms with Crippen LogP contribution in [0.5, 0.6) is 5.75 Å². The molecule has 118 valence electrons. The molecule has 3 N–H and O–H groups in total. The summed E-state index contributed by atoms with van der Waals surface area (Å²) in [7, 11) is 1.64. The number of guanidine groups is 1. The lowest BCUT2D eigenvalue weighted by Gasteiger charge is -2.06. The monoisotopic (exact) mass is 411 g/mol. The van der Waals surface area contributed by atoms with Gasteiger partial charge in [0.25, 0.3) is 0 Å². The van der Waals surface area contributed by atoms with Crippen LogP contribution < -0.4 is 15.8 Å². The summed E-state index contributed by atoms with van der Waals surface area (Å²) in [6.45, 7) is 0.712. The van der Waals surface area contributed by atoms with Crippen molar-refractivity contribution in [2.45, 2.75) is 12.8 Å². The molecule has 0 saturated heterocycles. The maximum Gasteiger partial charge on any atom is 0.193 e. The second-order valence-corrected chi connectivity index (χ2v) is 4.71. The SMILES string of the molecule is COc1ccc(NC(N)=NCCCc2ccccc2)cc1.I. The van der Waals surface area contributed by atoms with Crippen LogP contribution in [0.2, 0.25) is 0 Å². The van der Waals surface area contributed by atoms with E-state index in [1.165, 1.54) is 5.56 Å². The first kappa shape index (κ1) is 18.3. The quantitative estimate of drug-likeness (QED) is 0.330. The molecule has 0 aliphatic rings. The zero-order valence-corrected chi connectivity index (χ0v) is 15.0. The van der Waals surface area contributed by atoms with E-state index in [2.05, 4.69) is 34.6 Å². The molecule has 2 aromatic rings. The standard InChI is InChI=1S/C17H21N3O.HI/c1-21-16-11-9-15(10-12-16)20-17(18)19-13-5-8-14-6-3-2-4-7-14;/h2-4,6-7,9-12H,5,8,13H2,1H3,(H3,18,19,20);1H. The number of aliphatic imine (C=N–C) groups is 1. The molecule has 0 aromatic heterocycles. The number of rotatable bonds is 6. The third-order valence-electron chi connectivity index (χ3n) is 3.11. The Morgan fingerprint density at radius 2 is 1.77 bits per heavy atom. The highest BCUT2D eigenvalue weighted by molar-refractivity contribution is 14.0. The Labute approximate surface area is 148 Å². The van der Waals surface area contributed by atoms with Gasteiger partial charge in [-0.15, -0.1) is 24.0 Å². The maximum absolute atomic E-state index is 5.86. The molecule has 0 aliphatic carbocycles. The fourth-order valence-electron chi connectivity index (χ4n) is 1.99. The second-order valence-electron chi connectivity index (χ2n) is 4.71. The van der Waals surface area contributed by atoms with Gasteiger partial charge in [-0.3, -0.25) is 4.99 Å². The number of hydrogen-bond donors (Lipinski definition) is 2. The highest BCUT2D eigenvalue weighted by atomic mass is 127. The zero-order chi connectivity index (χ0) is 14.9.